The van der Waals surface area contributed by atoms with Crippen molar-refractivity contribution in [1.82, 2.24) is 4.90 Å². The summed E-state index contributed by atoms with van der Waals surface area (Å²) in [6.45, 7) is -0.327. The first-order chi connectivity index (χ1) is 8.38. The first kappa shape index (κ1) is 14.6. The molecule has 0 aliphatic rings. The molecule has 0 amide bonds. The van der Waals surface area contributed by atoms with Crippen LogP contribution in [-0.4, -0.2) is 37.2 Å². The molecule has 18 heavy (non-hydrogen) atoms. The monoisotopic (exact) mass is 263 g/mol. The summed E-state index contributed by atoms with van der Waals surface area (Å²) < 4.78 is 49.7. The average molecular weight is 263 g/mol. The fourth-order valence-electron chi connectivity index (χ4n) is 1.48. The van der Waals surface area contributed by atoms with Crippen molar-refractivity contribution in [2.45, 2.75) is 12.8 Å². The zero-order valence-corrected chi connectivity index (χ0v) is 9.80. The van der Waals surface area contributed by atoms with E-state index in [9.17, 15) is 22.4 Å². The number of Topliss-reactive ketones (excluding diaryl/α,β-unsaturated/α-hetero) is 1. The van der Waals surface area contributed by atoms with Gasteiger partial charge in [-0.2, -0.15) is 0 Å². The Bertz CT molecular complexity index is 402. The molecule has 2 nitrogen and oxygen atoms in total. The minimum Gasteiger partial charge on any atom is -0.300 e. The normalized spacial score (nSPS) is 11.3. The van der Waals surface area contributed by atoms with Crippen LogP contribution in [0.15, 0.2) is 18.2 Å². The van der Waals surface area contributed by atoms with Crippen molar-refractivity contribution >= 4 is 5.78 Å². The highest BCUT2D eigenvalue weighted by molar-refractivity contribution is 5.96. The van der Waals surface area contributed by atoms with Crippen molar-refractivity contribution in [2.24, 2.45) is 0 Å². The lowest BCUT2D eigenvalue weighted by atomic mass is 10.1. The van der Waals surface area contributed by atoms with Crippen LogP contribution < -0.4 is 0 Å². The van der Waals surface area contributed by atoms with Crippen LogP contribution in [0.3, 0.4) is 0 Å². The Morgan fingerprint density at radius 1 is 1.22 bits per heavy atom. The molecule has 6 heteroatoms. The van der Waals surface area contributed by atoms with Gasteiger partial charge in [0, 0.05) is 24.6 Å². The number of hydrogen-bond donors (Lipinski definition) is 0. The molecule has 1 aromatic carbocycles. The van der Waals surface area contributed by atoms with E-state index in [4.69, 9.17) is 0 Å². The van der Waals surface area contributed by atoms with Gasteiger partial charge in [0.25, 0.3) is 6.43 Å². The highest BCUT2D eigenvalue weighted by atomic mass is 19.3. The molecular weight excluding hydrogens is 250 g/mol. The summed E-state index contributed by atoms with van der Waals surface area (Å²) in [6, 6.07) is 2.52. The second-order valence-electron chi connectivity index (χ2n) is 3.98. The summed E-state index contributed by atoms with van der Waals surface area (Å²) in [7, 11) is 1.45. The Morgan fingerprint density at radius 2 is 1.78 bits per heavy atom. The minimum atomic E-state index is -2.48. The molecule has 0 fully saturated rings. The van der Waals surface area contributed by atoms with Gasteiger partial charge in [-0.15, -0.1) is 0 Å². The van der Waals surface area contributed by atoms with Gasteiger partial charge in [0.05, 0.1) is 6.54 Å². The Labute approximate surface area is 102 Å². The Balaban J connectivity index is 2.55. The number of ketones is 1. The van der Waals surface area contributed by atoms with E-state index in [0.717, 1.165) is 12.1 Å². The third kappa shape index (κ3) is 4.83. The van der Waals surface area contributed by atoms with E-state index in [1.54, 1.807) is 0 Å². The maximum Gasteiger partial charge on any atom is 0.251 e. The van der Waals surface area contributed by atoms with Crippen molar-refractivity contribution < 1.29 is 22.4 Å². The number of hydrogen-bond acceptors (Lipinski definition) is 2. The third-order valence-corrected chi connectivity index (χ3v) is 2.35. The minimum absolute atomic E-state index is 0.0634. The summed E-state index contributed by atoms with van der Waals surface area (Å²) in [5.74, 6) is -2.15. The quantitative estimate of drug-likeness (QED) is 0.581. The maximum atomic E-state index is 12.9. The first-order valence-corrected chi connectivity index (χ1v) is 5.34. The number of alkyl halides is 2. The highest BCUT2D eigenvalue weighted by Crippen LogP contribution is 2.10. The smallest absolute Gasteiger partial charge is 0.251 e. The highest BCUT2D eigenvalue weighted by Gasteiger charge is 2.12. The van der Waals surface area contributed by atoms with Crippen LogP contribution in [0.4, 0.5) is 17.6 Å². The van der Waals surface area contributed by atoms with Gasteiger partial charge in [0.15, 0.2) is 5.78 Å². The van der Waals surface area contributed by atoms with E-state index in [-0.39, 0.29) is 18.5 Å². The Hall–Kier alpha value is -1.43. The molecule has 0 heterocycles. The SMILES string of the molecule is CN(CCC(=O)c1cc(F)cc(F)c1)CC(F)F. The summed E-state index contributed by atoms with van der Waals surface area (Å²) >= 11 is 0. The summed E-state index contributed by atoms with van der Waals surface area (Å²) in [4.78, 5) is 12.9. The van der Waals surface area contributed by atoms with Crippen LogP contribution in [0.5, 0.6) is 0 Å². The lowest BCUT2D eigenvalue weighted by Gasteiger charge is -2.15. The number of carbonyl (C=O) groups is 1. The molecule has 1 rings (SSSR count). The van der Waals surface area contributed by atoms with Crippen molar-refractivity contribution in [3.8, 4) is 0 Å². The van der Waals surface area contributed by atoms with Crippen LogP contribution in [0.2, 0.25) is 0 Å². The van der Waals surface area contributed by atoms with Gasteiger partial charge < -0.3 is 4.90 Å². The average Bonchev–Trinajstić information content (AvgIpc) is 2.23. The van der Waals surface area contributed by atoms with Crippen LogP contribution in [0.1, 0.15) is 16.8 Å². The fraction of sp³-hybridized carbons (Fsp3) is 0.417. The molecule has 0 aliphatic carbocycles. The molecule has 0 bridgehead atoms. The van der Waals surface area contributed by atoms with E-state index in [2.05, 4.69) is 0 Å². The first-order valence-electron chi connectivity index (χ1n) is 5.34. The lowest BCUT2D eigenvalue weighted by Crippen LogP contribution is -2.27. The zero-order chi connectivity index (χ0) is 13.7. The molecule has 0 saturated heterocycles. The molecule has 0 aromatic heterocycles. The van der Waals surface area contributed by atoms with Crippen molar-refractivity contribution in [1.29, 1.82) is 0 Å². The van der Waals surface area contributed by atoms with E-state index >= 15 is 0 Å². The van der Waals surface area contributed by atoms with Gasteiger partial charge in [0.2, 0.25) is 0 Å². The van der Waals surface area contributed by atoms with Crippen LogP contribution in [-0.2, 0) is 0 Å². The predicted molar refractivity (Wildman–Crippen MR) is 58.8 cm³/mol. The largest absolute Gasteiger partial charge is 0.300 e. The Kier molecular flexibility index (Phi) is 5.27. The predicted octanol–water partition coefficient (Wildman–Crippen LogP) is 2.73. The molecule has 0 unspecified atom stereocenters. The Morgan fingerprint density at radius 3 is 2.28 bits per heavy atom. The standard InChI is InChI=1S/C12H13F4NO/c1-17(7-12(15)16)3-2-11(18)8-4-9(13)6-10(14)5-8/h4-6,12H,2-3,7H2,1H3. The van der Waals surface area contributed by atoms with E-state index < -0.39 is 30.4 Å². The number of benzene rings is 1. The summed E-state index contributed by atoms with van der Waals surface area (Å²) in [6.07, 6.45) is -2.54. The molecule has 0 atom stereocenters. The van der Waals surface area contributed by atoms with Crippen LogP contribution in [0.25, 0.3) is 0 Å². The topological polar surface area (TPSA) is 20.3 Å². The molecule has 1 aromatic rings. The summed E-state index contributed by atoms with van der Waals surface area (Å²) in [5.41, 5.74) is -0.0852. The molecule has 0 spiro atoms. The third-order valence-electron chi connectivity index (χ3n) is 2.35. The van der Waals surface area contributed by atoms with Crippen LogP contribution in [0, 0.1) is 11.6 Å². The molecule has 0 saturated carbocycles. The molecular formula is C12H13F4NO. The van der Waals surface area contributed by atoms with Gasteiger partial charge >= 0.3 is 0 Å². The van der Waals surface area contributed by atoms with Gasteiger partial charge in [-0.1, -0.05) is 0 Å². The number of nitrogens with zero attached hydrogens (tertiary/aromatic N) is 1. The maximum absolute atomic E-state index is 12.9. The van der Waals surface area contributed by atoms with Gasteiger partial charge in [-0.05, 0) is 19.2 Å². The zero-order valence-electron chi connectivity index (χ0n) is 9.80. The molecule has 0 aliphatic heterocycles. The van der Waals surface area contributed by atoms with E-state index in [1.165, 1.54) is 11.9 Å². The number of carbonyl (C=O) groups excluding carboxylic acids is 1. The van der Waals surface area contributed by atoms with E-state index in [0.29, 0.717) is 6.07 Å². The van der Waals surface area contributed by atoms with Gasteiger partial charge in [-0.25, -0.2) is 17.6 Å². The van der Waals surface area contributed by atoms with Gasteiger partial charge in [0.1, 0.15) is 11.6 Å². The van der Waals surface area contributed by atoms with Crippen LogP contribution >= 0.6 is 0 Å². The number of halogens is 4. The second-order valence-corrected chi connectivity index (χ2v) is 3.98. The number of rotatable bonds is 6. The molecule has 100 valence electrons. The van der Waals surface area contributed by atoms with Gasteiger partial charge in [-0.3, -0.25) is 4.79 Å². The van der Waals surface area contributed by atoms with Crippen molar-refractivity contribution in [2.75, 3.05) is 20.1 Å². The second kappa shape index (κ2) is 6.49. The van der Waals surface area contributed by atoms with Crippen molar-refractivity contribution in [3.05, 3.63) is 35.4 Å². The molecule has 0 N–H and O–H groups in total. The fourth-order valence-corrected chi connectivity index (χ4v) is 1.48. The summed E-state index contributed by atoms with van der Waals surface area (Å²) in [5, 5.41) is 0. The lowest BCUT2D eigenvalue weighted by molar-refractivity contribution is 0.0881. The van der Waals surface area contributed by atoms with E-state index in [1.807, 2.05) is 0 Å². The molecule has 0 radical (unpaired) electrons. The van der Waals surface area contributed by atoms with Crippen molar-refractivity contribution in [3.63, 3.8) is 0 Å².